The molecule has 2 nitrogen and oxygen atoms in total. The number of hydrogen-bond donors (Lipinski definition) is 0. The molecule has 0 N–H and O–H groups in total. The van der Waals surface area contributed by atoms with Crippen LogP contribution >= 0.6 is 0 Å². The molecule has 2 aromatic carbocycles. The van der Waals surface area contributed by atoms with E-state index >= 15 is 0 Å². The van der Waals surface area contributed by atoms with Crippen LogP contribution in [0.15, 0.2) is 42.5 Å². The van der Waals surface area contributed by atoms with Gasteiger partial charge in [-0.15, -0.1) is 13.2 Å². The molecule has 1 fully saturated rings. The van der Waals surface area contributed by atoms with Gasteiger partial charge in [-0.1, -0.05) is 70.4 Å². The number of unbranched alkanes of at least 4 members (excludes halogenated alkanes) is 2. The first-order chi connectivity index (χ1) is 16.6. The Morgan fingerprint density at radius 1 is 0.800 bits per heavy atom. The van der Waals surface area contributed by atoms with Gasteiger partial charge in [0.05, 0.1) is 5.56 Å². The molecule has 35 heavy (non-hydrogen) atoms. The number of hydrogen-bond acceptors (Lipinski definition) is 2. The fourth-order valence-corrected chi connectivity index (χ4v) is 4.69. The molecule has 0 saturated heterocycles. The standard InChI is InChI=1S/C27H32F6O2/c1-2-3-4-5-19-6-8-20(9-7-19)10-11-21-12-14-22(15-13-21)26(29,30)34-23-16-17-25(24(28)18-23)35-27(31,32)33/h12-20H,2-11H2,1H3/t19-,20-. The lowest BCUT2D eigenvalue weighted by molar-refractivity contribution is -0.275. The van der Waals surface area contributed by atoms with Gasteiger partial charge in [-0.25, -0.2) is 4.39 Å². The van der Waals surface area contributed by atoms with Crippen LogP contribution in [-0.2, 0) is 12.5 Å². The number of rotatable bonds is 11. The lowest BCUT2D eigenvalue weighted by Gasteiger charge is -2.28. The quantitative estimate of drug-likeness (QED) is 0.225. The summed E-state index contributed by atoms with van der Waals surface area (Å²) in [5.41, 5.74) is 0.527. The topological polar surface area (TPSA) is 18.5 Å². The average molecular weight is 503 g/mol. The number of aryl methyl sites for hydroxylation is 1. The highest BCUT2D eigenvalue weighted by Gasteiger charge is 2.36. The maximum absolute atomic E-state index is 14.5. The monoisotopic (exact) mass is 502 g/mol. The maximum atomic E-state index is 14.5. The van der Waals surface area contributed by atoms with Crippen molar-refractivity contribution in [3.8, 4) is 11.5 Å². The zero-order valence-corrected chi connectivity index (χ0v) is 19.9. The zero-order chi connectivity index (χ0) is 25.5. The molecule has 0 atom stereocenters. The van der Waals surface area contributed by atoms with Crippen LogP contribution in [0.2, 0.25) is 0 Å². The third kappa shape index (κ3) is 8.65. The SMILES string of the molecule is CCCCC[C@H]1CC[C@H](CCc2ccc(C(F)(F)Oc3ccc(OC(F)(F)F)c(F)c3)cc2)CC1. The van der Waals surface area contributed by atoms with Crippen molar-refractivity contribution in [2.24, 2.45) is 11.8 Å². The fraction of sp³-hybridized carbons (Fsp3) is 0.556. The molecule has 194 valence electrons. The maximum Gasteiger partial charge on any atom is 0.573 e. The molecular formula is C27H32F6O2. The first-order valence-electron chi connectivity index (χ1n) is 12.3. The van der Waals surface area contributed by atoms with Gasteiger partial charge >= 0.3 is 12.5 Å². The normalized spacial score (nSPS) is 18.9. The second-order valence-electron chi connectivity index (χ2n) is 9.38. The van der Waals surface area contributed by atoms with Gasteiger partial charge < -0.3 is 9.47 Å². The molecule has 0 aliphatic heterocycles. The van der Waals surface area contributed by atoms with E-state index in [1.54, 1.807) is 12.1 Å². The summed E-state index contributed by atoms with van der Waals surface area (Å²) in [5, 5.41) is 0. The van der Waals surface area contributed by atoms with Crippen LogP contribution in [0.25, 0.3) is 0 Å². The summed E-state index contributed by atoms with van der Waals surface area (Å²) < 4.78 is 87.7. The Labute approximate surface area is 202 Å². The van der Waals surface area contributed by atoms with Crippen LogP contribution in [0.1, 0.15) is 75.8 Å². The van der Waals surface area contributed by atoms with Crippen molar-refractivity contribution >= 4 is 0 Å². The van der Waals surface area contributed by atoms with Gasteiger partial charge in [0, 0.05) is 6.07 Å². The molecule has 0 amide bonds. The molecule has 1 saturated carbocycles. The summed E-state index contributed by atoms with van der Waals surface area (Å²) >= 11 is 0. The summed E-state index contributed by atoms with van der Waals surface area (Å²) in [4.78, 5) is 0. The molecule has 3 rings (SSSR count). The van der Waals surface area contributed by atoms with Gasteiger partial charge in [0.25, 0.3) is 0 Å². The Morgan fingerprint density at radius 3 is 2.00 bits per heavy atom. The van der Waals surface area contributed by atoms with Crippen molar-refractivity contribution in [3.63, 3.8) is 0 Å². The fourth-order valence-electron chi connectivity index (χ4n) is 4.69. The predicted octanol–water partition coefficient (Wildman–Crippen LogP) is 9.17. The van der Waals surface area contributed by atoms with Crippen molar-refractivity contribution in [1.29, 1.82) is 0 Å². The first-order valence-corrected chi connectivity index (χ1v) is 12.3. The molecule has 1 aliphatic rings. The van der Waals surface area contributed by atoms with Crippen molar-refractivity contribution in [2.45, 2.75) is 83.6 Å². The summed E-state index contributed by atoms with van der Waals surface area (Å²) in [5.74, 6) is -1.68. The highest BCUT2D eigenvalue weighted by Crippen LogP contribution is 2.36. The van der Waals surface area contributed by atoms with Gasteiger partial charge in [0.15, 0.2) is 11.6 Å². The van der Waals surface area contributed by atoms with Gasteiger partial charge in [-0.05, 0) is 54.5 Å². The molecule has 0 spiro atoms. The van der Waals surface area contributed by atoms with Crippen LogP contribution in [-0.4, -0.2) is 6.36 Å². The van der Waals surface area contributed by atoms with Crippen LogP contribution in [0, 0.1) is 17.7 Å². The highest BCUT2D eigenvalue weighted by molar-refractivity contribution is 5.34. The zero-order valence-electron chi connectivity index (χ0n) is 19.9. The average Bonchev–Trinajstić information content (AvgIpc) is 2.80. The molecule has 8 heteroatoms. The van der Waals surface area contributed by atoms with Crippen LogP contribution in [0.3, 0.4) is 0 Å². The summed E-state index contributed by atoms with van der Waals surface area (Å²) in [6.45, 7) is 2.22. The molecule has 2 aromatic rings. The van der Waals surface area contributed by atoms with Crippen molar-refractivity contribution in [1.82, 2.24) is 0 Å². The van der Waals surface area contributed by atoms with Gasteiger partial charge in [0.2, 0.25) is 0 Å². The minimum Gasteiger partial charge on any atom is -0.429 e. The van der Waals surface area contributed by atoms with E-state index in [9.17, 15) is 26.3 Å². The molecule has 0 unspecified atom stereocenters. The molecule has 0 radical (unpaired) electrons. The molecule has 1 aliphatic carbocycles. The number of ether oxygens (including phenoxy) is 2. The Kier molecular flexibility index (Phi) is 9.36. The first kappa shape index (κ1) is 27.2. The van der Waals surface area contributed by atoms with Gasteiger partial charge in [0.1, 0.15) is 5.75 Å². The lowest BCUT2D eigenvalue weighted by Crippen LogP contribution is -2.22. The predicted molar refractivity (Wildman–Crippen MR) is 122 cm³/mol. The van der Waals surface area contributed by atoms with E-state index in [1.807, 2.05) is 0 Å². The molecule has 0 heterocycles. The van der Waals surface area contributed by atoms with E-state index in [4.69, 9.17) is 0 Å². The minimum atomic E-state index is -5.09. The smallest absolute Gasteiger partial charge is 0.429 e. The van der Waals surface area contributed by atoms with E-state index in [1.165, 1.54) is 63.5 Å². The van der Waals surface area contributed by atoms with E-state index in [0.29, 0.717) is 18.1 Å². The van der Waals surface area contributed by atoms with E-state index < -0.39 is 35.4 Å². The lowest BCUT2D eigenvalue weighted by atomic mass is 9.78. The number of alkyl halides is 5. The van der Waals surface area contributed by atoms with Crippen molar-refractivity contribution in [2.75, 3.05) is 0 Å². The second-order valence-corrected chi connectivity index (χ2v) is 9.38. The highest BCUT2D eigenvalue weighted by atomic mass is 19.4. The van der Waals surface area contributed by atoms with E-state index in [2.05, 4.69) is 16.4 Å². The van der Waals surface area contributed by atoms with Gasteiger partial charge in [-0.2, -0.15) is 8.78 Å². The third-order valence-corrected chi connectivity index (χ3v) is 6.69. The Bertz CT molecular complexity index is 918. The number of halogens is 6. The van der Waals surface area contributed by atoms with E-state index in [-0.39, 0.29) is 0 Å². The summed E-state index contributed by atoms with van der Waals surface area (Å²) in [7, 11) is 0. The molecule has 0 aromatic heterocycles. The molecular weight excluding hydrogens is 470 g/mol. The van der Waals surface area contributed by atoms with Gasteiger partial charge in [-0.3, -0.25) is 0 Å². The third-order valence-electron chi connectivity index (χ3n) is 6.69. The van der Waals surface area contributed by atoms with Crippen molar-refractivity contribution in [3.05, 3.63) is 59.4 Å². The van der Waals surface area contributed by atoms with Crippen molar-refractivity contribution < 1.29 is 35.8 Å². The largest absolute Gasteiger partial charge is 0.573 e. The van der Waals surface area contributed by atoms with Crippen LogP contribution in [0.4, 0.5) is 26.3 Å². The molecule has 0 bridgehead atoms. The van der Waals surface area contributed by atoms with Crippen LogP contribution in [0.5, 0.6) is 11.5 Å². The Morgan fingerprint density at radius 2 is 1.43 bits per heavy atom. The van der Waals surface area contributed by atoms with Crippen LogP contribution < -0.4 is 9.47 Å². The van der Waals surface area contributed by atoms with E-state index in [0.717, 1.165) is 30.4 Å². The minimum absolute atomic E-state index is 0.426. The second kappa shape index (κ2) is 12.0. The Balaban J connectivity index is 1.49. The number of benzene rings is 2. The summed E-state index contributed by atoms with van der Waals surface area (Å²) in [6, 6.07) is 7.60. The summed E-state index contributed by atoms with van der Waals surface area (Å²) in [6.07, 6.45) is 3.17. The Hall–Kier alpha value is -2.38.